The Bertz CT molecular complexity index is 742. The molecule has 1 unspecified atom stereocenters. The number of carbonyl (C=O) groups excluding carboxylic acids is 1. The van der Waals surface area contributed by atoms with Gasteiger partial charge in [-0.1, -0.05) is 39.0 Å². The highest BCUT2D eigenvalue weighted by Gasteiger charge is 2.23. The summed E-state index contributed by atoms with van der Waals surface area (Å²) in [6, 6.07) is 8.40. The van der Waals surface area contributed by atoms with E-state index in [1.54, 1.807) is 12.4 Å². The van der Waals surface area contributed by atoms with Crippen LogP contribution in [0.15, 0.2) is 36.7 Å². The molecule has 1 N–H and O–H groups in total. The topological polar surface area (TPSA) is 58.1 Å². The molecule has 0 aliphatic carbocycles. The molecule has 0 saturated carbocycles. The van der Waals surface area contributed by atoms with Gasteiger partial charge in [0.05, 0.1) is 5.56 Å². The van der Waals surface area contributed by atoms with Crippen molar-refractivity contribution in [3.63, 3.8) is 0 Å². The average molecular weight is 352 g/mol. The fourth-order valence-electron chi connectivity index (χ4n) is 3.58. The van der Waals surface area contributed by atoms with Crippen LogP contribution in [0.4, 0.5) is 11.6 Å². The minimum Gasteiger partial charge on any atom is -0.338 e. The van der Waals surface area contributed by atoms with Gasteiger partial charge in [0.25, 0.3) is 5.91 Å². The molecule has 0 radical (unpaired) electrons. The van der Waals surface area contributed by atoms with Gasteiger partial charge in [-0.25, -0.2) is 9.97 Å². The molecule has 1 amide bonds. The zero-order chi connectivity index (χ0) is 18.5. The van der Waals surface area contributed by atoms with Crippen molar-refractivity contribution in [2.75, 3.05) is 16.8 Å². The Morgan fingerprint density at radius 2 is 1.96 bits per heavy atom. The molecule has 1 fully saturated rings. The lowest BCUT2D eigenvalue weighted by Gasteiger charge is -2.35. The van der Waals surface area contributed by atoms with Gasteiger partial charge in [-0.05, 0) is 43.2 Å². The lowest BCUT2D eigenvalue weighted by molar-refractivity contribution is 0.102. The molecule has 5 nitrogen and oxygen atoms in total. The van der Waals surface area contributed by atoms with Gasteiger partial charge in [0, 0.05) is 30.7 Å². The van der Waals surface area contributed by atoms with E-state index in [2.05, 4.69) is 41.0 Å². The van der Waals surface area contributed by atoms with E-state index in [1.165, 1.54) is 19.3 Å². The molecule has 2 aromatic rings. The summed E-state index contributed by atoms with van der Waals surface area (Å²) in [5.74, 6) is 0.904. The van der Waals surface area contributed by atoms with Crippen LogP contribution in [0.5, 0.6) is 0 Å². The van der Waals surface area contributed by atoms with Gasteiger partial charge in [-0.2, -0.15) is 0 Å². The predicted molar refractivity (Wildman–Crippen MR) is 106 cm³/mol. The number of hydrogen-bond acceptors (Lipinski definition) is 4. The van der Waals surface area contributed by atoms with Crippen LogP contribution in [-0.4, -0.2) is 28.5 Å². The number of amides is 1. The van der Waals surface area contributed by atoms with Crippen LogP contribution >= 0.6 is 0 Å². The number of anilines is 2. The first-order valence-corrected chi connectivity index (χ1v) is 9.59. The molecule has 1 aliphatic rings. The molecular formula is C21H28N4O. The molecule has 1 saturated heterocycles. The van der Waals surface area contributed by atoms with E-state index in [9.17, 15) is 4.79 Å². The van der Waals surface area contributed by atoms with Crippen molar-refractivity contribution in [3.05, 3.63) is 47.8 Å². The van der Waals surface area contributed by atoms with Crippen LogP contribution in [0.25, 0.3) is 0 Å². The molecule has 1 aromatic carbocycles. The Morgan fingerprint density at radius 3 is 2.65 bits per heavy atom. The van der Waals surface area contributed by atoms with Crippen LogP contribution in [0.2, 0.25) is 0 Å². The van der Waals surface area contributed by atoms with Crippen molar-refractivity contribution in [2.45, 2.75) is 58.4 Å². The summed E-state index contributed by atoms with van der Waals surface area (Å²) in [6.07, 6.45) is 8.00. The van der Waals surface area contributed by atoms with Crippen molar-refractivity contribution in [2.24, 2.45) is 0 Å². The molecule has 26 heavy (non-hydrogen) atoms. The average Bonchev–Trinajstić information content (AvgIpc) is 2.68. The Labute approximate surface area is 155 Å². The second kappa shape index (κ2) is 8.30. The lowest BCUT2D eigenvalue weighted by atomic mass is 10.0. The fourth-order valence-corrected chi connectivity index (χ4v) is 3.58. The Kier molecular flexibility index (Phi) is 5.86. The van der Waals surface area contributed by atoms with Crippen LogP contribution in [0, 0.1) is 0 Å². The number of benzene rings is 1. The summed E-state index contributed by atoms with van der Waals surface area (Å²) in [4.78, 5) is 23.8. The summed E-state index contributed by atoms with van der Waals surface area (Å²) in [5, 5.41) is 2.99. The van der Waals surface area contributed by atoms with Crippen molar-refractivity contribution >= 4 is 17.5 Å². The third-order valence-electron chi connectivity index (χ3n) is 5.09. The normalized spacial score (nSPS) is 17.4. The Morgan fingerprint density at radius 1 is 1.23 bits per heavy atom. The van der Waals surface area contributed by atoms with Gasteiger partial charge in [0.2, 0.25) is 5.95 Å². The summed E-state index contributed by atoms with van der Waals surface area (Å²) in [6.45, 7) is 7.43. The van der Waals surface area contributed by atoms with E-state index in [0.29, 0.717) is 17.5 Å². The molecule has 1 aromatic heterocycles. The maximum absolute atomic E-state index is 12.6. The van der Waals surface area contributed by atoms with Crippen molar-refractivity contribution < 1.29 is 4.79 Å². The molecule has 138 valence electrons. The molecule has 3 rings (SSSR count). The number of nitrogens with one attached hydrogen (secondary N) is 1. The Hall–Kier alpha value is -2.43. The SMILES string of the molecule is CCC1CCCCN1c1ncc(C(=O)Nc2ccccc2C(C)C)cn1. The monoisotopic (exact) mass is 352 g/mol. The number of rotatable bonds is 5. The van der Waals surface area contributed by atoms with Gasteiger partial charge in [0.15, 0.2) is 0 Å². The lowest BCUT2D eigenvalue weighted by Crippen LogP contribution is -2.40. The second-order valence-electron chi connectivity index (χ2n) is 7.22. The number of nitrogens with zero attached hydrogens (tertiary/aromatic N) is 3. The zero-order valence-corrected chi connectivity index (χ0v) is 15.9. The third kappa shape index (κ3) is 4.03. The summed E-state index contributed by atoms with van der Waals surface area (Å²) in [5.41, 5.74) is 2.45. The largest absolute Gasteiger partial charge is 0.338 e. The van der Waals surface area contributed by atoms with Gasteiger partial charge in [-0.3, -0.25) is 4.79 Å². The highest BCUT2D eigenvalue weighted by molar-refractivity contribution is 6.04. The van der Waals surface area contributed by atoms with Crippen molar-refractivity contribution in [3.8, 4) is 0 Å². The number of para-hydroxylation sites is 1. The molecule has 0 spiro atoms. The van der Waals surface area contributed by atoms with Crippen LogP contribution in [-0.2, 0) is 0 Å². The van der Waals surface area contributed by atoms with E-state index in [4.69, 9.17) is 0 Å². The predicted octanol–water partition coefficient (Wildman–Crippen LogP) is 4.62. The molecule has 1 aliphatic heterocycles. The summed E-state index contributed by atoms with van der Waals surface area (Å²) < 4.78 is 0. The molecule has 5 heteroatoms. The van der Waals surface area contributed by atoms with Crippen molar-refractivity contribution in [1.29, 1.82) is 0 Å². The first-order valence-electron chi connectivity index (χ1n) is 9.59. The molecule has 1 atom stereocenters. The first kappa shape index (κ1) is 18.4. The van der Waals surface area contributed by atoms with E-state index in [-0.39, 0.29) is 5.91 Å². The van der Waals surface area contributed by atoms with Crippen LogP contribution < -0.4 is 10.2 Å². The van der Waals surface area contributed by atoms with E-state index in [1.807, 2.05) is 24.3 Å². The smallest absolute Gasteiger partial charge is 0.258 e. The molecule has 2 heterocycles. The number of hydrogen-bond donors (Lipinski definition) is 1. The number of piperidine rings is 1. The number of carbonyl (C=O) groups is 1. The van der Waals surface area contributed by atoms with Gasteiger partial charge < -0.3 is 10.2 Å². The standard InChI is InChI=1S/C21H28N4O/c1-4-17-9-7-8-12-25(17)21-22-13-16(14-23-21)20(26)24-19-11-6-5-10-18(19)15(2)3/h5-6,10-11,13-15,17H,4,7-9,12H2,1-3H3,(H,24,26). The fraction of sp³-hybridized carbons (Fsp3) is 0.476. The zero-order valence-electron chi connectivity index (χ0n) is 15.9. The highest BCUT2D eigenvalue weighted by atomic mass is 16.1. The maximum Gasteiger partial charge on any atom is 0.258 e. The quantitative estimate of drug-likeness (QED) is 0.853. The van der Waals surface area contributed by atoms with Gasteiger partial charge in [-0.15, -0.1) is 0 Å². The minimum absolute atomic E-state index is 0.171. The third-order valence-corrected chi connectivity index (χ3v) is 5.09. The molecule has 0 bridgehead atoms. The number of aromatic nitrogens is 2. The highest BCUT2D eigenvalue weighted by Crippen LogP contribution is 2.25. The van der Waals surface area contributed by atoms with E-state index >= 15 is 0 Å². The van der Waals surface area contributed by atoms with Crippen LogP contribution in [0.1, 0.15) is 68.3 Å². The van der Waals surface area contributed by atoms with E-state index < -0.39 is 0 Å². The van der Waals surface area contributed by atoms with Gasteiger partial charge >= 0.3 is 0 Å². The van der Waals surface area contributed by atoms with Crippen LogP contribution in [0.3, 0.4) is 0 Å². The van der Waals surface area contributed by atoms with Gasteiger partial charge in [0.1, 0.15) is 0 Å². The van der Waals surface area contributed by atoms with E-state index in [0.717, 1.165) is 30.2 Å². The van der Waals surface area contributed by atoms with Crippen molar-refractivity contribution in [1.82, 2.24) is 9.97 Å². The second-order valence-corrected chi connectivity index (χ2v) is 7.22. The summed E-state index contributed by atoms with van der Waals surface area (Å²) in [7, 11) is 0. The minimum atomic E-state index is -0.171. The molecular weight excluding hydrogens is 324 g/mol. The Balaban J connectivity index is 1.73. The first-order chi connectivity index (χ1) is 12.6. The summed E-state index contributed by atoms with van der Waals surface area (Å²) >= 11 is 0. The maximum atomic E-state index is 12.6.